The quantitative estimate of drug-likeness (QED) is 0.276. The molecule has 3 unspecified atom stereocenters. The monoisotopic (exact) mass is 536 g/mol. The van der Waals surface area contributed by atoms with Crippen molar-refractivity contribution in [2.45, 2.75) is 84.5 Å². The topological polar surface area (TPSA) is 177 Å². The predicted octanol–water partition coefficient (Wildman–Crippen LogP) is 1.90. The molecule has 1 aromatic carbocycles. The maximum atomic E-state index is 13.9. The van der Waals surface area contributed by atoms with E-state index in [4.69, 9.17) is 15.2 Å². The second kappa shape index (κ2) is 14.8. The Morgan fingerprint density at radius 1 is 1.13 bits per heavy atom. The van der Waals surface area contributed by atoms with Crippen LogP contribution in [-0.4, -0.2) is 70.6 Å². The highest BCUT2D eigenvalue weighted by Crippen LogP contribution is 2.28. The van der Waals surface area contributed by atoms with Crippen LogP contribution in [-0.2, 0) is 28.7 Å². The number of aromatic hydroxyl groups is 1. The number of nitrogens with two attached hydrogens (primary N) is 1. The minimum atomic E-state index is -1.43. The Morgan fingerprint density at radius 3 is 2.32 bits per heavy atom. The number of carbonyl (C=O) groups excluding carboxylic acids is 5. The van der Waals surface area contributed by atoms with E-state index in [9.17, 15) is 29.1 Å². The van der Waals surface area contributed by atoms with Crippen LogP contribution in [0.3, 0.4) is 0 Å². The van der Waals surface area contributed by atoms with Crippen molar-refractivity contribution >= 4 is 29.8 Å². The molecule has 212 valence electrons. The molecule has 0 fully saturated rings. The normalized spacial score (nSPS) is 13.4. The molecule has 12 nitrogen and oxygen atoms in total. The van der Waals surface area contributed by atoms with Gasteiger partial charge in [0, 0.05) is 12.6 Å². The van der Waals surface area contributed by atoms with Gasteiger partial charge in [-0.1, -0.05) is 19.1 Å². The molecule has 0 heterocycles. The van der Waals surface area contributed by atoms with Gasteiger partial charge in [0.05, 0.1) is 19.4 Å². The second-order valence-electron chi connectivity index (χ2n) is 9.72. The Bertz CT molecular complexity index is 992. The molecule has 0 bridgehead atoms. The lowest BCUT2D eigenvalue weighted by Gasteiger charge is -2.38. The molecule has 0 aromatic heterocycles. The third kappa shape index (κ3) is 10.7. The SMILES string of the molecule is CCOC(=O)CCNC(=O)C(c1cccc(O)c1)N(C(=O)C(CC(N)=O)NC(=O)OC(C)(C)C)C(C)CC. The molecule has 0 saturated carbocycles. The van der Waals surface area contributed by atoms with E-state index in [0.717, 1.165) is 0 Å². The number of hydrogen-bond acceptors (Lipinski definition) is 8. The minimum Gasteiger partial charge on any atom is -0.508 e. The maximum Gasteiger partial charge on any atom is 0.408 e. The van der Waals surface area contributed by atoms with Gasteiger partial charge in [-0.15, -0.1) is 0 Å². The average Bonchev–Trinajstić information content (AvgIpc) is 2.79. The zero-order chi connectivity index (χ0) is 29.0. The summed E-state index contributed by atoms with van der Waals surface area (Å²) in [6, 6.07) is 2.56. The van der Waals surface area contributed by atoms with Gasteiger partial charge < -0.3 is 35.8 Å². The van der Waals surface area contributed by atoms with E-state index in [2.05, 4.69) is 10.6 Å². The summed E-state index contributed by atoms with van der Waals surface area (Å²) in [6.45, 7) is 10.2. The highest BCUT2D eigenvalue weighted by atomic mass is 16.6. The molecule has 38 heavy (non-hydrogen) atoms. The summed E-state index contributed by atoms with van der Waals surface area (Å²) in [4.78, 5) is 64.6. The highest BCUT2D eigenvalue weighted by Gasteiger charge is 2.39. The fourth-order valence-corrected chi connectivity index (χ4v) is 3.58. The first-order valence-corrected chi connectivity index (χ1v) is 12.5. The van der Waals surface area contributed by atoms with Gasteiger partial charge in [-0.05, 0) is 58.7 Å². The van der Waals surface area contributed by atoms with Crippen LogP contribution in [0.25, 0.3) is 0 Å². The molecule has 1 rings (SSSR count). The van der Waals surface area contributed by atoms with Gasteiger partial charge in [-0.25, -0.2) is 4.79 Å². The lowest BCUT2D eigenvalue weighted by atomic mass is 9.99. The lowest BCUT2D eigenvalue weighted by Crippen LogP contribution is -2.56. The van der Waals surface area contributed by atoms with Crippen LogP contribution < -0.4 is 16.4 Å². The molecule has 0 aliphatic heterocycles. The van der Waals surface area contributed by atoms with Gasteiger partial charge >= 0.3 is 12.1 Å². The van der Waals surface area contributed by atoms with E-state index in [-0.39, 0.29) is 30.9 Å². The van der Waals surface area contributed by atoms with Crippen LogP contribution in [0.2, 0.25) is 0 Å². The zero-order valence-electron chi connectivity index (χ0n) is 22.9. The maximum absolute atomic E-state index is 13.9. The van der Waals surface area contributed by atoms with Crippen LogP contribution in [0.15, 0.2) is 24.3 Å². The van der Waals surface area contributed by atoms with Crippen molar-refractivity contribution in [2.24, 2.45) is 5.73 Å². The van der Waals surface area contributed by atoms with Crippen molar-refractivity contribution in [2.75, 3.05) is 13.2 Å². The molecule has 0 radical (unpaired) electrons. The molecule has 0 aliphatic rings. The smallest absolute Gasteiger partial charge is 0.408 e. The molecule has 4 amide bonds. The summed E-state index contributed by atoms with van der Waals surface area (Å²) in [7, 11) is 0. The number of nitrogens with zero attached hydrogens (tertiary/aromatic N) is 1. The Morgan fingerprint density at radius 2 is 1.79 bits per heavy atom. The summed E-state index contributed by atoms with van der Waals surface area (Å²) < 4.78 is 10.1. The fraction of sp³-hybridized carbons (Fsp3) is 0.577. The number of phenols is 1. The number of rotatable bonds is 13. The van der Waals surface area contributed by atoms with Crippen LogP contribution >= 0.6 is 0 Å². The molecular weight excluding hydrogens is 496 g/mol. The van der Waals surface area contributed by atoms with Crippen LogP contribution in [0.5, 0.6) is 5.75 Å². The van der Waals surface area contributed by atoms with Gasteiger partial charge in [0.25, 0.3) is 0 Å². The number of benzene rings is 1. The highest BCUT2D eigenvalue weighted by molar-refractivity contribution is 5.94. The van der Waals surface area contributed by atoms with Crippen molar-refractivity contribution in [1.29, 1.82) is 0 Å². The molecular formula is C26H40N4O8. The molecule has 0 spiro atoms. The van der Waals surface area contributed by atoms with E-state index in [0.29, 0.717) is 6.42 Å². The first-order chi connectivity index (χ1) is 17.7. The first-order valence-electron chi connectivity index (χ1n) is 12.5. The first kappa shape index (κ1) is 32.2. The molecule has 1 aromatic rings. The molecule has 12 heteroatoms. The fourth-order valence-electron chi connectivity index (χ4n) is 3.58. The van der Waals surface area contributed by atoms with Crippen LogP contribution in [0.4, 0.5) is 4.79 Å². The third-order valence-electron chi connectivity index (χ3n) is 5.36. The van der Waals surface area contributed by atoms with Crippen molar-refractivity contribution in [3.05, 3.63) is 29.8 Å². The molecule has 0 saturated heterocycles. The molecule has 0 aliphatic carbocycles. The molecule has 5 N–H and O–H groups in total. The Kier molecular flexibility index (Phi) is 12.5. The van der Waals surface area contributed by atoms with Gasteiger partial charge in [-0.3, -0.25) is 19.2 Å². The number of nitrogens with one attached hydrogen (secondary N) is 2. The number of phenolic OH excluding ortho intramolecular Hbond substituents is 1. The largest absolute Gasteiger partial charge is 0.508 e. The third-order valence-corrected chi connectivity index (χ3v) is 5.36. The number of primary amides is 1. The Labute approximate surface area is 223 Å². The summed E-state index contributed by atoms with van der Waals surface area (Å²) >= 11 is 0. The number of amides is 4. The molecule has 3 atom stereocenters. The van der Waals surface area contributed by atoms with E-state index in [1.54, 1.807) is 47.6 Å². The summed E-state index contributed by atoms with van der Waals surface area (Å²) in [6.07, 6.45) is -1.16. The van der Waals surface area contributed by atoms with Gasteiger partial charge in [0.15, 0.2) is 0 Å². The van der Waals surface area contributed by atoms with Crippen LogP contribution in [0.1, 0.15) is 72.4 Å². The van der Waals surface area contributed by atoms with Gasteiger partial charge in [-0.2, -0.15) is 0 Å². The minimum absolute atomic E-state index is 0.0591. The number of carbonyl (C=O) groups is 5. The number of alkyl carbamates (subject to hydrolysis) is 1. The summed E-state index contributed by atoms with van der Waals surface area (Å²) in [5.74, 6) is -2.87. The zero-order valence-corrected chi connectivity index (χ0v) is 22.9. The van der Waals surface area contributed by atoms with Crippen LogP contribution in [0, 0.1) is 0 Å². The van der Waals surface area contributed by atoms with Crippen molar-refractivity contribution in [3.8, 4) is 5.75 Å². The van der Waals surface area contributed by atoms with E-state index >= 15 is 0 Å². The Balaban J connectivity index is 3.45. The van der Waals surface area contributed by atoms with Gasteiger partial charge in [0.2, 0.25) is 17.7 Å². The standard InChI is InChI=1S/C26H40N4O8/c1-7-16(3)30(24(35)19(15-20(27)32)29-25(36)38-26(4,5)6)22(17-10-9-11-18(31)14-17)23(34)28-13-12-21(33)37-8-2/h9-11,14,16,19,22,31H,7-8,12-13,15H2,1-6H3,(H2,27,32)(H,28,34)(H,29,36). The Hall–Kier alpha value is -3.83. The van der Waals surface area contributed by atoms with E-state index in [1.165, 1.54) is 23.1 Å². The average molecular weight is 537 g/mol. The number of ether oxygens (including phenoxy) is 2. The second-order valence-corrected chi connectivity index (χ2v) is 9.72. The van der Waals surface area contributed by atoms with Crippen molar-refractivity contribution in [3.63, 3.8) is 0 Å². The summed E-state index contributed by atoms with van der Waals surface area (Å²) in [5.41, 5.74) is 4.78. The lowest BCUT2D eigenvalue weighted by molar-refractivity contribution is -0.146. The predicted molar refractivity (Wildman–Crippen MR) is 139 cm³/mol. The number of esters is 1. The van der Waals surface area contributed by atoms with E-state index in [1.807, 2.05) is 0 Å². The van der Waals surface area contributed by atoms with E-state index < -0.39 is 59.9 Å². The number of hydrogen-bond donors (Lipinski definition) is 4. The summed E-state index contributed by atoms with van der Waals surface area (Å²) in [5, 5.41) is 15.1. The van der Waals surface area contributed by atoms with Crippen molar-refractivity contribution < 1.29 is 38.6 Å². The van der Waals surface area contributed by atoms with Gasteiger partial charge in [0.1, 0.15) is 23.4 Å². The van der Waals surface area contributed by atoms with Crippen molar-refractivity contribution in [1.82, 2.24) is 15.5 Å².